The summed E-state index contributed by atoms with van der Waals surface area (Å²) in [6.07, 6.45) is 3.12. The summed E-state index contributed by atoms with van der Waals surface area (Å²) in [5, 5.41) is 8.06. The molecule has 0 saturated heterocycles. The lowest BCUT2D eigenvalue weighted by atomic mass is 10.1. The Morgan fingerprint density at radius 1 is 1.04 bits per heavy atom. The Hall–Kier alpha value is -2.88. The fourth-order valence-electron chi connectivity index (χ4n) is 3.61. The van der Waals surface area contributed by atoms with Gasteiger partial charge in [0.25, 0.3) is 0 Å². The third-order valence-corrected chi connectivity index (χ3v) is 5.17. The summed E-state index contributed by atoms with van der Waals surface area (Å²) in [7, 11) is 0. The highest BCUT2D eigenvalue weighted by molar-refractivity contribution is 5.83. The van der Waals surface area contributed by atoms with Crippen molar-refractivity contribution in [2.75, 3.05) is 13.1 Å². The first-order valence-corrected chi connectivity index (χ1v) is 9.75. The van der Waals surface area contributed by atoms with E-state index in [1.807, 2.05) is 18.3 Å². The molecule has 0 radical (unpaired) electrons. The number of fused-ring (bicyclic) bond motifs is 1. The van der Waals surface area contributed by atoms with Gasteiger partial charge in [0.15, 0.2) is 5.96 Å². The molecule has 4 heteroatoms. The number of nitrogens with zero attached hydrogens (tertiary/aromatic N) is 2. The van der Waals surface area contributed by atoms with Gasteiger partial charge in [-0.05, 0) is 48.4 Å². The highest BCUT2D eigenvalue weighted by atomic mass is 15.2. The van der Waals surface area contributed by atoms with E-state index in [1.54, 1.807) is 0 Å². The second-order valence-corrected chi connectivity index (χ2v) is 7.08. The van der Waals surface area contributed by atoms with E-state index in [9.17, 15) is 0 Å². The molecule has 1 aliphatic rings. The van der Waals surface area contributed by atoms with E-state index in [4.69, 9.17) is 4.99 Å². The van der Waals surface area contributed by atoms with E-state index in [1.165, 1.54) is 22.9 Å². The molecule has 2 aromatic carbocycles. The second-order valence-electron chi connectivity index (χ2n) is 7.08. The highest BCUT2D eigenvalue weighted by Crippen LogP contribution is 2.46. The summed E-state index contributed by atoms with van der Waals surface area (Å²) in [5.74, 6) is 2.26. The molecule has 27 heavy (non-hydrogen) atoms. The minimum Gasteiger partial charge on any atom is -0.357 e. The first-order valence-electron chi connectivity index (χ1n) is 9.75. The Morgan fingerprint density at radius 3 is 2.70 bits per heavy atom. The van der Waals surface area contributed by atoms with Gasteiger partial charge in [-0.25, -0.2) is 4.99 Å². The van der Waals surface area contributed by atoms with Crippen molar-refractivity contribution >= 4 is 16.9 Å². The Kier molecular flexibility index (Phi) is 5.33. The van der Waals surface area contributed by atoms with Crippen molar-refractivity contribution in [3.8, 4) is 0 Å². The number of pyridine rings is 1. The molecule has 1 fully saturated rings. The van der Waals surface area contributed by atoms with Crippen molar-refractivity contribution in [3.05, 3.63) is 78.0 Å². The minimum atomic E-state index is 0.644. The van der Waals surface area contributed by atoms with Crippen LogP contribution < -0.4 is 10.6 Å². The van der Waals surface area contributed by atoms with Crippen LogP contribution in [0.2, 0.25) is 0 Å². The molecule has 4 rings (SSSR count). The maximum atomic E-state index is 4.80. The summed E-state index contributed by atoms with van der Waals surface area (Å²) in [4.78, 5) is 9.23. The third kappa shape index (κ3) is 4.27. The quantitative estimate of drug-likeness (QED) is 0.515. The molecule has 1 aromatic heterocycles. The van der Waals surface area contributed by atoms with E-state index in [-0.39, 0.29) is 0 Å². The van der Waals surface area contributed by atoms with Crippen LogP contribution in [0.4, 0.5) is 0 Å². The molecule has 3 aromatic rings. The Balaban J connectivity index is 1.39. The van der Waals surface area contributed by atoms with Crippen LogP contribution in [0.3, 0.4) is 0 Å². The number of guanidine groups is 1. The van der Waals surface area contributed by atoms with Crippen molar-refractivity contribution in [2.45, 2.75) is 25.8 Å². The van der Waals surface area contributed by atoms with E-state index in [0.717, 1.165) is 24.6 Å². The molecule has 2 N–H and O–H groups in total. The number of hydrogen-bond acceptors (Lipinski definition) is 2. The van der Waals surface area contributed by atoms with Crippen molar-refractivity contribution in [1.29, 1.82) is 0 Å². The number of para-hydroxylation sites is 1. The molecule has 1 aliphatic carbocycles. The van der Waals surface area contributed by atoms with Crippen LogP contribution in [-0.4, -0.2) is 24.0 Å². The molecule has 2 unspecified atom stereocenters. The SMILES string of the molecule is CCNC(=NCc1ccnc2ccccc12)NCC1CC1c1ccccc1. The molecule has 0 spiro atoms. The zero-order valence-electron chi connectivity index (χ0n) is 15.7. The average molecular weight is 358 g/mol. The van der Waals surface area contributed by atoms with Crippen molar-refractivity contribution < 1.29 is 0 Å². The molecule has 1 saturated carbocycles. The maximum absolute atomic E-state index is 4.80. The van der Waals surface area contributed by atoms with Crippen molar-refractivity contribution in [1.82, 2.24) is 15.6 Å². The Bertz CT molecular complexity index is 915. The van der Waals surface area contributed by atoms with Gasteiger partial charge in [0.1, 0.15) is 0 Å². The number of aromatic nitrogens is 1. The molecule has 1 heterocycles. The number of benzene rings is 2. The van der Waals surface area contributed by atoms with E-state index in [0.29, 0.717) is 18.4 Å². The van der Waals surface area contributed by atoms with Gasteiger partial charge in [-0.15, -0.1) is 0 Å². The van der Waals surface area contributed by atoms with Crippen LogP contribution in [0, 0.1) is 5.92 Å². The summed E-state index contributed by atoms with van der Waals surface area (Å²) in [6, 6.07) is 21.1. The Labute approximate surface area is 160 Å². The highest BCUT2D eigenvalue weighted by Gasteiger charge is 2.37. The van der Waals surface area contributed by atoms with Gasteiger partial charge < -0.3 is 10.6 Å². The van der Waals surface area contributed by atoms with Crippen LogP contribution in [-0.2, 0) is 6.54 Å². The molecule has 0 aliphatic heterocycles. The first-order chi connectivity index (χ1) is 13.3. The molecular formula is C23H26N4. The molecule has 0 amide bonds. The van der Waals surface area contributed by atoms with Crippen LogP contribution in [0.5, 0.6) is 0 Å². The average Bonchev–Trinajstić information content (AvgIpc) is 3.50. The summed E-state index contributed by atoms with van der Waals surface area (Å²) in [5.41, 5.74) is 3.67. The first kappa shape index (κ1) is 17.5. The predicted octanol–water partition coefficient (Wildman–Crippen LogP) is 4.09. The zero-order chi connectivity index (χ0) is 18.5. The molecule has 4 nitrogen and oxygen atoms in total. The summed E-state index contributed by atoms with van der Waals surface area (Å²) in [6.45, 7) is 4.56. The summed E-state index contributed by atoms with van der Waals surface area (Å²) < 4.78 is 0. The van der Waals surface area contributed by atoms with Gasteiger partial charge in [-0.1, -0.05) is 48.5 Å². The van der Waals surface area contributed by atoms with E-state index >= 15 is 0 Å². The smallest absolute Gasteiger partial charge is 0.191 e. The molecular weight excluding hydrogens is 332 g/mol. The normalized spacial score (nSPS) is 19.1. The van der Waals surface area contributed by atoms with E-state index in [2.05, 4.69) is 71.1 Å². The molecule has 0 bridgehead atoms. The second kappa shape index (κ2) is 8.21. The van der Waals surface area contributed by atoms with Crippen LogP contribution in [0.1, 0.15) is 30.4 Å². The number of hydrogen-bond donors (Lipinski definition) is 2. The van der Waals surface area contributed by atoms with Crippen LogP contribution in [0.15, 0.2) is 71.9 Å². The van der Waals surface area contributed by atoms with Gasteiger partial charge >= 0.3 is 0 Å². The van der Waals surface area contributed by atoms with Gasteiger partial charge in [0.05, 0.1) is 12.1 Å². The van der Waals surface area contributed by atoms with Crippen molar-refractivity contribution in [3.63, 3.8) is 0 Å². The van der Waals surface area contributed by atoms with Crippen molar-refractivity contribution in [2.24, 2.45) is 10.9 Å². The maximum Gasteiger partial charge on any atom is 0.191 e. The number of nitrogens with one attached hydrogen (secondary N) is 2. The van der Waals surface area contributed by atoms with Crippen LogP contribution in [0.25, 0.3) is 10.9 Å². The summed E-state index contributed by atoms with van der Waals surface area (Å²) >= 11 is 0. The minimum absolute atomic E-state index is 0.644. The third-order valence-electron chi connectivity index (χ3n) is 5.17. The van der Waals surface area contributed by atoms with Gasteiger partial charge in [-0.2, -0.15) is 0 Å². The number of aliphatic imine (C=N–C) groups is 1. The predicted molar refractivity (Wildman–Crippen MR) is 112 cm³/mol. The fourth-order valence-corrected chi connectivity index (χ4v) is 3.61. The number of rotatable bonds is 6. The Morgan fingerprint density at radius 2 is 1.85 bits per heavy atom. The van der Waals surface area contributed by atoms with Gasteiger partial charge in [0.2, 0.25) is 0 Å². The van der Waals surface area contributed by atoms with Crippen LogP contribution >= 0.6 is 0 Å². The topological polar surface area (TPSA) is 49.3 Å². The molecule has 2 atom stereocenters. The lowest BCUT2D eigenvalue weighted by Crippen LogP contribution is -2.38. The largest absolute Gasteiger partial charge is 0.357 e. The van der Waals surface area contributed by atoms with E-state index < -0.39 is 0 Å². The van der Waals surface area contributed by atoms with Gasteiger partial charge in [-0.3, -0.25) is 4.98 Å². The molecule has 138 valence electrons. The van der Waals surface area contributed by atoms with Gasteiger partial charge in [0, 0.05) is 24.7 Å². The monoisotopic (exact) mass is 358 g/mol. The lowest BCUT2D eigenvalue weighted by molar-refractivity contribution is 0.720. The fraction of sp³-hybridized carbons (Fsp3) is 0.304. The lowest BCUT2D eigenvalue weighted by Gasteiger charge is -2.12. The standard InChI is InChI=1S/C23H26N4/c1-2-24-23(27-16-19-14-21(19)17-8-4-3-5-9-17)26-15-18-12-13-25-22-11-7-6-10-20(18)22/h3-13,19,21H,2,14-16H2,1H3,(H2,24,26,27). The zero-order valence-corrected chi connectivity index (χ0v) is 15.7.